The maximum Gasteiger partial charge on any atom is 0.416 e. The van der Waals surface area contributed by atoms with E-state index in [0.29, 0.717) is 0 Å². The van der Waals surface area contributed by atoms with Crippen molar-refractivity contribution in [2.45, 2.75) is 12.1 Å². The van der Waals surface area contributed by atoms with Crippen molar-refractivity contribution in [3.05, 3.63) is 59.4 Å². The van der Waals surface area contributed by atoms with Crippen molar-refractivity contribution in [2.24, 2.45) is 5.92 Å². The minimum Gasteiger partial charge on any atom is -0.506 e. The summed E-state index contributed by atoms with van der Waals surface area (Å²) in [5, 5.41) is 11.9. The van der Waals surface area contributed by atoms with Gasteiger partial charge in [-0.25, -0.2) is 4.39 Å². The Labute approximate surface area is 157 Å². The molecule has 1 saturated heterocycles. The Balaban J connectivity index is 1.94. The number of alkyl halides is 3. The van der Waals surface area contributed by atoms with Gasteiger partial charge in [-0.15, -0.1) is 0 Å². The highest BCUT2D eigenvalue weighted by Crippen LogP contribution is 2.38. The molecule has 0 radical (unpaired) electrons. The van der Waals surface area contributed by atoms with Gasteiger partial charge in [0.15, 0.2) is 5.82 Å². The van der Waals surface area contributed by atoms with Gasteiger partial charge in [-0.2, -0.15) is 13.2 Å². The summed E-state index contributed by atoms with van der Waals surface area (Å²) in [6.45, 7) is 0.0293. The van der Waals surface area contributed by atoms with E-state index in [-0.39, 0.29) is 12.1 Å². The van der Waals surface area contributed by atoms with Crippen molar-refractivity contribution >= 4 is 17.5 Å². The molecular weight excluding hydrogens is 380 g/mol. The molecule has 0 aromatic heterocycles. The van der Waals surface area contributed by atoms with Crippen LogP contribution in [0.15, 0.2) is 42.5 Å². The fourth-order valence-electron chi connectivity index (χ4n) is 3.28. The smallest absolute Gasteiger partial charge is 0.416 e. The fraction of sp³-hybridized carbons (Fsp3) is 0.263. The van der Waals surface area contributed by atoms with Crippen LogP contribution in [0.2, 0.25) is 0 Å². The van der Waals surface area contributed by atoms with Crippen LogP contribution in [0.25, 0.3) is 0 Å². The lowest BCUT2D eigenvalue weighted by Gasteiger charge is -2.18. The number of rotatable bonds is 3. The van der Waals surface area contributed by atoms with Gasteiger partial charge in [-0.3, -0.25) is 9.59 Å². The monoisotopic (exact) mass is 396 g/mol. The van der Waals surface area contributed by atoms with Gasteiger partial charge in [0.25, 0.3) is 0 Å². The Morgan fingerprint density at radius 2 is 1.89 bits per heavy atom. The summed E-state index contributed by atoms with van der Waals surface area (Å²) in [6.07, 6.45) is -4.57. The molecule has 2 N–H and O–H groups in total. The molecule has 1 aliphatic heterocycles. The van der Waals surface area contributed by atoms with Gasteiger partial charge in [0, 0.05) is 19.5 Å². The predicted molar refractivity (Wildman–Crippen MR) is 92.0 cm³/mol. The number of hydrogen-bond acceptors (Lipinski definition) is 3. The molecule has 148 valence electrons. The zero-order chi connectivity index (χ0) is 20.6. The molecule has 2 atom stereocenters. The minimum absolute atomic E-state index is 0.0293. The standard InChI is InChI=1S/C19H16F4N2O3/c1-25-9-12(10-4-2-5-11(8-10)19(21,22)23)15(18(25)28)17(27)24-16-13(20)6-3-7-14(16)26/h2-8,12,15,26H,9H2,1H3,(H,24,27)/t12-,15+/m1/s1. The predicted octanol–water partition coefficient (Wildman–Crippen LogP) is 3.36. The van der Waals surface area contributed by atoms with Crippen LogP contribution < -0.4 is 5.32 Å². The van der Waals surface area contributed by atoms with Crippen molar-refractivity contribution < 1.29 is 32.3 Å². The van der Waals surface area contributed by atoms with E-state index in [2.05, 4.69) is 5.32 Å². The average Bonchev–Trinajstić information content (AvgIpc) is 2.93. The van der Waals surface area contributed by atoms with Crippen molar-refractivity contribution in [3.63, 3.8) is 0 Å². The molecule has 3 rings (SSSR count). The number of phenols is 1. The van der Waals surface area contributed by atoms with Crippen molar-refractivity contribution in [3.8, 4) is 5.75 Å². The Hall–Kier alpha value is -3.10. The molecule has 5 nitrogen and oxygen atoms in total. The molecule has 2 amide bonds. The quantitative estimate of drug-likeness (QED) is 0.475. The molecule has 0 spiro atoms. The van der Waals surface area contributed by atoms with E-state index in [9.17, 15) is 32.3 Å². The summed E-state index contributed by atoms with van der Waals surface area (Å²) in [7, 11) is 1.43. The highest BCUT2D eigenvalue weighted by Gasteiger charge is 2.45. The van der Waals surface area contributed by atoms with E-state index in [0.717, 1.165) is 24.3 Å². The number of amides is 2. The number of para-hydroxylation sites is 1. The van der Waals surface area contributed by atoms with Gasteiger partial charge in [-0.05, 0) is 23.8 Å². The first-order valence-corrected chi connectivity index (χ1v) is 8.30. The lowest BCUT2D eigenvalue weighted by atomic mass is 9.87. The number of likely N-dealkylation sites (tertiary alicyclic amines) is 1. The van der Waals surface area contributed by atoms with E-state index < -0.39 is 52.6 Å². The summed E-state index contributed by atoms with van der Waals surface area (Å²) in [6, 6.07) is 7.83. The summed E-state index contributed by atoms with van der Waals surface area (Å²) < 4.78 is 52.9. The Morgan fingerprint density at radius 3 is 2.54 bits per heavy atom. The maximum atomic E-state index is 13.9. The highest BCUT2D eigenvalue weighted by atomic mass is 19.4. The lowest BCUT2D eigenvalue weighted by molar-refractivity contribution is -0.137. The molecular formula is C19H16F4N2O3. The summed E-state index contributed by atoms with van der Waals surface area (Å²) in [5.41, 5.74) is -1.21. The van der Waals surface area contributed by atoms with Crippen LogP contribution in [0.3, 0.4) is 0 Å². The number of aromatic hydroxyl groups is 1. The van der Waals surface area contributed by atoms with Gasteiger partial charge in [0.05, 0.1) is 5.56 Å². The molecule has 0 bridgehead atoms. The molecule has 9 heteroatoms. The first kappa shape index (κ1) is 19.7. The number of benzene rings is 2. The average molecular weight is 396 g/mol. The molecule has 0 aliphatic carbocycles. The number of nitrogens with one attached hydrogen (secondary N) is 1. The van der Waals surface area contributed by atoms with E-state index in [1.165, 1.54) is 30.1 Å². The normalized spacial score (nSPS) is 19.8. The molecule has 2 aromatic carbocycles. The van der Waals surface area contributed by atoms with Gasteiger partial charge >= 0.3 is 6.18 Å². The second-order valence-corrected chi connectivity index (χ2v) is 6.55. The minimum atomic E-state index is -4.57. The highest BCUT2D eigenvalue weighted by molar-refractivity contribution is 6.09. The van der Waals surface area contributed by atoms with Crippen LogP contribution in [0, 0.1) is 11.7 Å². The van der Waals surface area contributed by atoms with Crippen LogP contribution in [-0.2, 0) is 15.8 Å². The Morgan fingerprint density at radius 1 is 1.21 bits per heavy atom. The largest absolute Gasteiger partial charge is 0.506 e. The van der Waals surface area contributed by atoms with Crippen molar-refractivity contribution in [2.75, 3.05) is 18.9 Å². The molecule has 0 unspecified atom stereocenters. The number of nitrogens with zero attached hydrogens (tertiary/aromatic N) is 1. The number of likely N-dealkylation sites (N-methyl/N-ethyl adjacent to an activating group) is 1. The fourth-order valence-corrected chi connectivity index (χ4v) is 3.28. The van der Waals surface area contributed by atoms with Crippen LogP contribution in [0.4, 0.5) is 23.2 Å². The zero-order valence-corrected chi connectivity index (χ0v) is 14.6. The molecule has 28 heavy (non-hydrogen) atoms. The van der Waals surface area contributed by atoms with Crippen LogP contribution >= 0.6 is 0 Å². The third kappa shape index (κ3) is 3.64. The van der Waals surface area contributed by atoms with Gasteiger partial charge < -0.3 is 15.3 Å². The SMILES string of the molecule is CN1C[C@H](c2cccc(C(F)(F)F)c2)[C@@H](C(=O)Nc2c(O)cccc2F)C1=O. The van der Waals surface area contributed by atoms with E-state index >= 15 is 0 Å². The first-order valence-electron chi connectivity index (χ1n) is 8.30. The number of anilines is 1. The second-order valence-electron chi connectivity index (χ2n) is 6.55. The van der Waals surface area contributed by atoms with Crippen LogP contribution in [0.1, 0.15) is 17.0 Å². The number of halogens is 4. The van der Waals surface area contributed by atoms with Gasteiger partial charge in [-0.1, -0.05) is 24.3 Å². The summed E-state index contributed by atoms with van der Waals surface area (Å²) in [4.78, 5) is 26.4. The van der Waals surface area contributed by atoms with Crippen LogP contribution in [-0.4, -0.2) is 35.4 Å². The maximum absolute atomic E-state index is 13.9. The summed E-state index contributed by atoms with van der Waals surface area (Å²) in [5.74, 6) is -5.14. The number of carbonyl (C=O) groups is 2. The number of carbonyl (C=O) groups excluding carboxylic acids is 2. The van der Waals surface area contributed by atoms with E-state index in [1.807, 2.05) is 0 Å². The molecule has 2 aromatic rings. The van der Waals surface area contributed by atoms with Gasteiger partial charge in [0.1, 0.15) is 17.4 Å². The molecule has 1 heterocycles. The van der Waals surface area contributed by atoms with Gasteiger partial charge in [0.2, 0.25) is 11.8 Å². The zero-order valence-electron chi connectivity index (χ0n) is 14.6. The third-order valence-corrected chi connectivity index (χ3v) is 4.68. The number of hydrogen-bond donors (Lipinski definition) is 2. The number of phenolic OH excluding ortho intramolecular Hbond substituents is 1. The third-order valence-electron chi connectivity index (χ3n) is 4.68. The molecule has 0 saturated carbocycles. The lowest BCUT2D eigenvalue weighted by Crippen LogP contribution is -2.33. The molecule has 1 fully saturated rings. The summed E-state index contributed by atoms with van der Waals surface area (Å²) >= 11 is 0. The molecule has 1 aliphatic rings. The first-order chi connectivity index (χ1) is 13.1. The van der Waals surface area contributed by atoms with Crippen molar-refractivity contribution in [1.29, 1.82) is 0 Å². The van der Waals surface area contributed by atoms with E-state index in [1.54, 1.807) is 0 Å². The second kappa shape index (κ2) is 7.14. The van der Waals surface area contributed by atoms with Crippen LogP contribution in [0.5, 0.6) is 5.75 Å². The van der Waals surface area contributed by atoms with Crippen molar-refractivity contribution in [1.82, 2.24) is 4.90 Å². The topological polar surface area (TPSA) is 69.6 Å². The Bertz CT molecular complexity index is 909. The van der Waals surface area contributed by atoms with E-state index in [4.69, 9.17) is 0 Å². The Kier molecular flexibility index (Phi) is 5.01.